The summed E-state index contributed by atoms with van der Waals surface area (Å²) in [6, 6.07) is 1.73. The number of hydrogen-bond acceptors (Lipinski definition) is 2. The van der Waals surface area contributed by atoms with E-state index in [1.807, 2.05) is 0 Å². The van der Waals surface area contributed by atoms with Crippen LogP contribution in [0.2, 0.25) is 0 Å². The van der Waals surface area contributed by atoms with E-state index in [1.165, 1.54) is 45.3 Å². The van der Waals surface area contributed by atoms with Crippen LogP contribution in [0.1, 0.15) is 46.5 Å². The molecule has 2 aliphatic heterocycles. The first-order valence-corrected chi connectivity index (χ1v) is 8.13. The Bertz CT molecular complexity index is 281. The highest BCUT2D eigenvalue weighted by molar-refractivity contribution is 4.99. The fourth-order valence-corrected chi connectivity index (χ4v) is 4.78. The van der Waals surface area contributed by atoms with Crippen LogP contribution >= 0.6 is 0 Å². The molecule has 0 aromatic heterocycles. The minimum Gasteiger partial charge on any atom is -0.316 e. The second-order valence-electron chi connectivity index (χ2n) is 7.33. The Balaban J connectivity index is 1.57. The first kappa shape index (κ1) is 12.9. The molecule has 0 aromatic rings. The molecule has 2 nitrogen and oxygen atoms in total. The van der Waals surface area contributed by atoms with Gasteiger partial charge in [0.2, 0.25) is 0 Å². The van der Waals surface area contributed by atoms with Gasteiger partial charge in [-0.2, -0.15) is 0 Å². The third kappa shape index (κ3) is 2.22. The highest BCUT2D eigenvalue weighted by atomic mass is 15.2. The molecular weight excluding hydrogens is 220 g/mol. The van der Waals surface area contributed by atoms with Gasteiger partial charge in [-0.05, 0) is 69.4 Å². The summed E-state index contributed by atoms with van der Waals surface area (Å²) in [7, 11) is 0. The zero-order valence-electron chi connectivity index (χ0n) is 12.4. The van der Waals surface area contributed by atoms with Crippen LogP contribution in [-0.2, 0) is 0 Å². The van der Waals surface area contributed by atoms with E-state index in [0.717, 1.165) is 35.8 Å². The third-order valence-electron chi connectivity index (χ3n) is 6.13. The van der Waals surface area contributed by atoms with Gasteiger partial charge in [-0.25, -0.2) is 0 Å². The van der Waals surface area contributed by atoms with Crippen molar-refractivity contribution in [2.75, 3.05) is 19.6 Å². The normalized spacial score (nSPS) is 45.7. The Morgan fingerprint density at radius 1 is 1.06 bits per heavy atom. The summed E-state index contributed by atoms with van der Waals surface area (Å²) in [4.78, 5) is 2.87. The van der Waals surface area contributed by atoms with E-state index in [-0.39, 0.29) is 0 Å². The molecule has 2 heteroatoms. The number of fused-ring (bicyclic) bond motifs is 1. The molecule has 104 valence electrons. The standard InChI is InChI=1S/C16H30N2/c1-11(2)13-4-6-15(7-5-13)18-10-14-8-17-9-16(14)12(18)3/h11-17H,4-10H2,1-3H3. The zero-order chi connectivity index (χ0) is 12.7. The average molecular weight is 250 g/mol. The first-order valence-electron chi connectivity index (χ1n) is 8.13. The lowest BCUT2D eigenvalue weighted by molar-refractivity contribution is 0.107. The van der Waals surface area contributed by atoms with E-state index < -0.39 is 0 Å². The Labute approximate surface area is 113 Å². The maximum absolute atomic E-state index is 3.57. The molecular formula is C16H30N2. The molecule has 2 saturated heterocycles. The molecule has 0 spiro atoms. The minimum absolute atomic E-state index is 0.825. The summed E-state index contributed by atoms with van der Waals surface area (Å²) in [5.41, 5.74) is 0. The topological polar surface area (TPSA) is 15.3 Å². The molecule has 3 rings (SSSR count). The van der Waals surface area contributed by atoms with Crippen molar-refractivity contribution in [1.29, 1.82) is 0 Å². The van der Waals surface area contributed by atoms with Gasteiger partial charge in [-0.1, -0.05) is 13.8 Å². The van der Waals surface area contributed by atoms with Crippen molar-refractivity contribution in [1.82, 2.24) is 10.2 Å². The lowest BCUT2D eigenvalue weighted by Gasteiger charge is -2.39. The fourth-order valence-electron chi connectivity index (χ4n) is 4.78. The molecule has 0 aromatic carbocycles. The van der Waals surface area contributed by atoms with E-state index >= 15 is 0 Å². The van der Waals surface area contributed by atoms with Gasteiger partial charge in [0.25, 0.3) is 0 Å². The van der Waals surface area contributed by atoms with Crippen LogP contribution in [0.3, 0.4) is 0 Å². The molecule has 1 saturated carbocycles. The van der Waals surface area contributed by atoms with E-state index in [1.54, 1.807) is 0 Å². The molecule has 0 radical (unpaired) electrons. The Kier molecular flexibility index (Phi) is 3.68. The van der Waals surface area contributed by atoms with E-state index in [9.17, 15) is 0 Å². The van der Waals surface area contributed by atoms with E-state index in [2.05, 4.69) is 31.0 Å². The third-order valence-corrected chi connectivity index (χ3v) is 6.13. The molecule has 3 fully saturated rings. The molecule has 3 aliphatic rings. The maximum atomic E-state index is 3.57. The monoisotopic (exact) mass is 250 g/mol. The Hall–Kier alpha value is -0.0800. The van der Waals surface area contributed by atoms with Crippen molar-refractivity contribution < 1.29 is 0 Å². The van der Waals surface area contributed by atoms with Crippen LogP contribution in [0.4, 0.5) is 0 Å². The fraction of sp³-hybridized carbons (Fsp3) is 1.00. The van der Waals surface area contributed by atoms with Crippen molar-refractivity contribution in [2.45, 2.75) is 58.5 Å². The van der Waals surface area contributed by atoms with Crippen molar-refractivity contribution in [3.8, 4) is 0 Å². The van der Waals surface area contributed by atoms with Crippen LogP contribution in [0.25, 0.3) is 0 Å². The SMILES string of the molecule is CC(C)C1CCC(N2CC3CNCC3C2C)CC1. The van der Waals surface area contributed by atoms with Crippen LogP contribution in [0, 0.1) is 23.7 Å². The smallest absolute Gasteiger partial charge is 0.0114 e. The number of nitrogens with one attached hydrogen (secondary N) is 1. The van der Waals surface area contributed by atoms with Crippen LogP contribution < -0.4 is 5.32 Å². The van der Waals surface area contributed by atoms with Gasteiger partial charge >= 0.3 is 0 Å². The van der Waals surface area contributed by atoms with Gasteiger partial charge < -0.3 is 5.32 Å². The minimum atomic E-state index is 0.825. The number of hydrogen-bond donors (Lipinski definition) is 1. The summed E-state index contributed by atoms with van der Waals surface area (Å²) in [6.45, 7) is 11.2. The van der Waals surface area contributed by atoms with Gasteiger partial charge in [0.1, 0.15) is 0 Å². The van der Waals surface area contributed by atoms with Crippen molar-refractivity contribution >= 4 is 0 Å². The predicted molar refractivity (Wildman–Crippen MR) is 76.6 cm³/mol. The highest BCUT2D eigenvalue weighted by Gasteiger charge is 2.44. The number of nitrogens with zero attached hydrogens (tertiary/aromatic N) is 1. The average Bonchev–Trinajstić information content (AvgIpc) is 2.93. The largest absolute Gasteiger partial charge is 0.316 e. The molecule has 1 N–H and O–H groups in total. The molecule has 0 bridgehead atoms. The molecule has 0 amide bonds. The lowest BCUT2D eigenvalue weighted by atomic mass is 9.79. The van der Waals surface area contributed by atoms with Gasteiger partial charge in [0.15, 0.2) is 0 Å². The zero-order valence-corrected chi connectivity index (χ0v) is 12.4. The maximum Gasteiger partial charge on any atom is 0.0114 e. The molecule has 3 atom stereocenters. The van der Waals surface area contributed by atoms with Crippen molar-refractivity contribution in [2.24, 2.45) is 23.7 Å². The van der Waals surface area contributed by atoms with Gasteiger partial charge in [-0.15, -0.1) is 0 Å². The van der Waals surface area contributed by atoms with Crippen molar-refractivity contribution in [3.63, 3.8) is 0 Å². The number of rotatable bonds is 2. The van der Waals surface area contributed by atoms with Crippen LogP contribution in [0.15, 0.2) is 0 Å². The van der Waals surface area contributed by atoms with Crippen LogP contribution in [-0.4, -0.2) is 36.6 Å². The molecule has 18 heavy (non-hydrogen) atoms. The Morgan fingerprint density at radius 2 is 1.78 bits per heavy atom. The lowest BCUT2D eigenvalue weighted by Crippen LogP contribution is -2.43. The molecule has 2 heterocycles. The van der Waals surface area contributed by atoms with Crippen molar-refractivity contribution in [3.05, 3.63) is 0 Å². The summed E-state index contributed by atoms with van der Waals surface area (Å²) >= 11 is 0. The van der Waals surface area contributed by atoms with E-state index in [0.29, 0.717) is 0 Å². The molecule has 3 unspecified atom stereocenters. The van der Waals surface area contributed by atoms with Crippen LogP contribution in [0.5, 0.6) is 0 Å². The van der Waals surface area contributed by atoms with E-state index in [4.69, 9.17) is 0 Å². The quantitative estimate of drug-likeness (QED) is 0.811. The Morgan fingerprint density at radius 3 is 2.39 bits per heavy atom. The predicted octanol–water partition coefficient (Wildman–Crippen LogP) is 2.74. The first-order chi connectivity index (χ1) is 8.66. The van der Waals surface area contributed by atoms with Gasteiger partial charge in [0, 0.05) is 18.6 Å². The molecule has 1 aliphatic carbocycles. The van der Waals surface area contributed by atoms with Gasteiger partial charge in [0.05, 0.1) is 0 Å². The highest BCUT2D eigenvalue weighted by Crippen LogP contribution is 2.39. The summed E-state index contributed by atoms with van der Waals surface area (Å²) in [6.07, 6.45) is 5.86. The summed E-state index contributed by atoms with van der Waals surface area (Å²) in [5, 5.41) is 3.57. The second kappa shape index (κ2) is 5.13. The summed E-state index contributed by atoms with van der Waals surface area (Å²) in [5.74, 6) is 3.78. The summed E-state index contributed by atoms with van der Waals surface area (Å²) < 4.78 is 0. The number of likely N-dealkylation sites (tertiary alicyclic amines) is 1. The second-order valence-corrected chi connectivity index (χ2v) is 7.33. The van der Waals surface area contributed by atoms with Gasteiger partial charge in [-0.3, -0.25) is 4.90 Å².